The number of halogens is 3. The van der Waals surface area contributed by atoms with Gasteiger partial charge in [0.15, 0.2) is 0 Å². The molecular formula is C23H29F3O6. The summed E-state index contributed by atoms with van der Waals surface area (Å²) in [4.78, 5) is 13.0. The van der Waals surface area contributed by atoms with Crippen LogP contribution in [0.1, 0.15) is 39.7 Å². The van der Waals surface area contributed by atoms with Crippen LogP contribution in [0.3, 0.4) is 0 Å². The summed E-state index contributed by atoms with van der Waals surface area (Å²) in [7, 11) is 0.751. The van der Waals surface area contributed by atoms with E-state index >= 15 is 0 Å². The molecule has 0 unspecified atom stereocenters. The molecule has 1 fully saturated rings. The summed E-state index contributed by atoms with van der Waals surface area (Å²) < 4.78 is 52.3. The number of carbonyl (C=O) groups excluding carboxylic acids is 1. The van der Waals surface area contributed by atoms with Gasteiger partial charge in [0.05, 0.1) is 6.10 Å². The topological polar surface area (TPSA) is 96.2 Å². The van der Waals surface area contributed by atoms with Crippen molar-refractivity contribution in [1.29, 1.82) is 0 Å². The van der Waals surface area contributed by atoms with Gasteiger partial charge in [0.25, 0.3) is 5.60 Å². The van der Waals surface area contributed by atoms with Crippen molar-refractivity contribution in [3.8, 4) is 0 Å². The van der Waals surface area contributed by atoms with E-state index in [4.69, 9.17) is 9.47 Å². The average molecular weight is 458 g/mol. The largest absolute Gasteiger partial charge is 0.457 e. The van der Waals surface area contributed by atoms with Gasteiger partial charge in [-0.15, -0.1) is 5.73 Å². The third-order valence-corrected chi connectivity index (χ3v) is 5.72. The van der Waals surface area contributed by atoms with E-state index in [1.54, 1.807) is 13.8 Å². The Labute approximate surface area is 185 Å². The number of ether oxygens (including phenoxy) is 2. The fraction of sp³-hybridized carbons (Fsp3) is 0.565. The molecule has 2 rings (SSSR count). The number of hydrogen-bond acceptors (Lipinski definition) is 6. The van der Waals surface area contributed by atoms with Crippen LogP contribution in [0.2, 0.25) is 0 Å². The van der Waals surface area contributed by atoms with Gasteiger partial charge in [-0.1, -0.05) is 44.2 Å². The average Bonchev–Trinajstić information content (AvgIpc) is 2.66. The van der Waals surface area contributed by atoms with Crippen LogP contribution < -0.4 is 0 Å². The van der Waals surface area contributed by atoms with Crippen molar-refractivity contribution in [3.63, 3.8) is 0 Å². The molecule has 0 aliphatic heterocycles. The number of alkyl halides is 3. The minimum Gasteiger partial charge on any atom is -0.457 e. The Morgan fingerprint density at radius 2 is 1.81 bits per heavy atom. The molecule has 1 aromatic rings. The fourth-order valence-electron chi connectivity index (χ4n) is 4.17. The van der Waals surface area contributed by atoms with E-state index in [0.29, 0.717) is 0 Å². The second-order valence-electron chi connectivity index (χ2n) is 8.80. The van der Waals surface area contributed by atoms with E-state index in [9.17, 15) is 33.3 Å². The van der Waals surface area contributed by atoms with E-state index in [2.05, 4.69) is 5.73 Å². The highest BCUT2D eigenvalue weighted by molar-refractivity contribution is 5.83. The van der Waals surface area contributed by atoms with E-state index in [1.807, 2.05) is 0 Å². The maximum atomic E-state index is 14.1. The fourth-order valence-corrected chi connectivity index (χ4v) is 4.17. The Morgan fingerprint density at radius 1 is 1.25 bits per heavy atom. The highest BCUT2D eigenvalue weighted by Gasteiger charge is 2.65. The summed E-state index contributed by atoms with van der Waals surface area (Å²) in [6.45, 7) is 6.06. The number of esters is 1. The predicted octanol–water partition coefficient (Wildman–Crippen LogP) is 3.01. The zero-order chi connectivity index (χ0) is 24.5. The first-order valence-electron chi connectivity index (χ1n) is 10.1. The van der Waals surface area contributed by atoms with Crippen molar-refractivity contribution in [2.24, 2.45) is 5.41 Å². The first-order chi connectivity index (χ1) is 14.6. The molecule has 0 radical (unpaired) electrons. The minimum absolute atomic E-state index is 0.0987. The standard InChI is InChI=1S/C23H29F3O6/c1-14(27)11-12-17-20(2,3)13-16(18(28)21(17,4)30)32-19(29)22(31-5,23(24,25)26)15-9-7-6-8-10-15/h6-11,14,16,18,27-28,30H,13H2,1-5H3/t12?,14-,16+,18-,21+,22-/m1/s1. The highest BCUT2D eigenvalue weighted by Crippen LogP contribution is 2.48. The number of benzene rings is 1. The molecular weight excluding hydrogens is 429 g/mol. The molecule has 178 valence electrons. The van der Waals surface area contributed by atoms with Crippen molar-refractivity contribution in [3.05, 3.63) is 53.3 Å². The number of aliphatic hydroxyl groups excluding tert-OH is 2. The third kappa shape index (κ3) is 4.63. The lowest BCUT2D eigenvalue weighted by Crippen LogP contribution is -2.60. The van der Waals surface area contributed by atoms with E-state index in [0.717, 1.165) is 19.2 Å². The van der Waals surface area contributed by atoms with Crippen LogP contribution in [0, 0.1) is 5.41 Å². The zero-order valence-corrected chi connectivity index (χ0v) is 18.6. The Kier molecular flexibility index (Phi) is 7.34. The molecule has 1 aliphatic rings. The third-order valence-electron chi connectivity index (χ3n) is 5.72. The van der Waals surface area contributed by atoms with Crippen molar-refractivity contribution < 1.29 is 42.8 Å². The SMILES string of the molecule is CO[C@@](C(=O)O[C@H]1CC(C)(C)C(=C=C[C@@H](C)O)[C@](C)(O)[C@@H]1O)(c1ccccc1)C(F)(F)F. The van der Waals surface area contributed by atoms with Crippen LogP contribution in [-0.4, -0.2) is 58.5 Å². The molecule has 9 heteroatoms. The summed E-state index contributed by atoms with van der Waals surface area (Å²) in [5.74, 6) is -1.75. The van der Waals surface area contributed by atoms with Crippen LogP contribution >= 0.6 is 0 Å². The molecule has 3 N–H and O–H groups in total. The normalized spacial score (nSPS) is 28.3. The van der Waals surface area contributed by atoms with Crippen LogP contribution in [-0.2, 0) is 19.9 Å². The molecule has 32 heavy (non-hydrogen) atoms. The number of aliphatic hydroxyl groups is 3. The van der Waals surface area contributed by atoms with Crippen molar-refractivity contribution in [2.75, 3.05) is 7.11 Å². The molecule has 6 nitrogen and oxygen atoms in total. The summed E-state index contributed by atoms with van der Waals surface area (Å²) in [6.07, 6.45) is -8.06. The number of rotatable bonds is 5. The van der Waals surface area contributed by atoms with Crippen molar-refractivity contribution in [1.82, 2.24) is 0 Å². The predicted molar refractivity (Wildman–Crippen MR) is 109 cm³/mol. The number of hydrogen-bond donors (Lipinski definition) is 3. The van der Waals surface area contributed by atoms with Gasteiger partial charge in [-0.3, -0.25) is 0 Å². The second kappa shape index (κ2) is 9.00. The van der Waals surface area contributed by atoms with Gasteiger partial charge in [-0.25, -0.2) is 4.79 Å². The van der Waals surface area contributed by atoms with Crippen molar-refractivity contribution in [2.45, 2.75) is 69.8 Å². The van der Waals surface area contributed by atoms with E-state index in [-0.39, 0.29) is 12.0 Å². The molecule has 5 atom stereocenters. The molecule has 0 saturated heterocycles. The Balaban J connectivity index is 2.49. The molecule has 0 bridgehead atoms. The van der Waals surface area contributed by atoms with Crippen LogP contribution in [0.25, 0.3) is 0 Å². The summed E-state index contributed by atoms with van der Waals surface area (Å²) >= 11 is 0. The summed E-state index contributed by atoms with van der Waals surface area (Å²) in [5, 5.41) is 31.2. The van der Waals surface area contributed by atoms with Gasteiger partial charge in [-0.05, 0) is 31.8 Å². The smallest absolute Gasteiger partial charge is 0.432 e. The van der Waals surface area contributed by atoms with Gasteiger partial charge >= 0.3 is 12.1 Å². The van der Waals surface area contributed by atoms with Crippen LogP contribution in [0.5, 0.6) is 0 Å². The summed E-state index contributed by atoms with van der Waals surface area (Å²) in [5.41, 5.74) is -3.80. The Hall–Kier alpha value is -2.16. The van der Waals surface area contributed by atoms with Crippen LogP contribution in [0.15, 0.2) is 47.7 Å². The van der Waals surface area contributed by atoms with Gasteiger partial charge in [0.2, 0.25) is 0 Å². The van der Waals surface area contributed by atoms with Gasteiger partial charge < -0.3 is 24.8 Å². The first kappa shape index (κ1) is 26.1. The highest BCUT2D eigenvalue weighted by atomic mass is 19.4. The molecule has 0 heterocycles. The number of methoxy groups -OCH3 is 1. The van der Waals surface area contributed by atoms with Gasteiger partial charge in [0, 0.05) is 18.2 Å². The summed E-state index contributed by atoms with van der Waals surface area (Å²) in [6, 6.07) is 6.34. The second-order valence-corrected chi connectivity index (χ2v) is 8.80. The van der Waals surface area contributed by atoms with Gasteiger partial charge in [0.1, 0.15) is 17.8 Å². The van der Waals surface area contributed by atoms with E-state index in [1.165, 1.54) is 38.1 Å². The lowest BCUT2D eigenvalue weighted by molar-refractivity contribution is -0.282. The minimum atomic E-state index is -5.16. The molecule has 1 saturated carbocycles. The molecule has 0 amide bonds. The maximum absolute atomic E-state index is 14.1. The maximum Gasteiger partial charge on any atom is 0.432 e. The van der Waals surface area contributed by atoms with E-state index < -0.39 is 52.6 Å². The molecule has 1 aliphatic carbocycles. The molecule has 1 aromatic carbocycles. The zero-order valence-electron chi connectivity index (χ0n) is 18.6. The van der Waals surface area contributed by atoms with Gasteiger partial charge in [-0.2, -0.15) is 13.2 Å². The first-order valence-corrected chi connectivity index (χ1v) is 10.1. The lowest BCUT2D eigenvalue weighted by Gasteiger charge is -2.48. The van der Waals surface area contributed by atoms with Crippen molar-refractivity contribution >= 4 is 5.97 Å². The Morgan fingerprint density at radius 3 is 2.28 bits per heavy atom. The monoisotopic (exact) mass is 458 g/mol. The number of carbonyl (C=O) groups is 1. The quantitative estimate of drug-likeness (QED) is 0.464. The lowest BCUT2D eigenvalue weighted by atomic mass is 9.64. The molecule has 0 aromatic heterocycles. The molecule has 0 spiro atoms. The Bertz CT molecular complexity index is 885. The van der Waals surface area contributed by atoms with Crippen LogP contribution in [0.4, 0.5) is 13.2 Å².